The van der Waals surface area contributed by atoms with Crippen LogP contribution >= 0.6 is 0 Å². The van der Waals surface area contributed by atoms with Crippen LogP contribution in [-0.4, -0.2) is 11.7 Å². The van der Waals surface area contributed by atoms with Gasteiger partial charge in [-0.15, -0.1) is 0 Å². The molecular weight excluding hydrogens is 667 g/mol. The third-order valence-corrected chi connectivity index (χ3v) is 11.3. The van der Waals surface area contributed by atoms with Crippen molar-refractivity contribution in [3.63, 3.8) is 0 Å². The van der Waals surface area contributed by atoms with Crippen LogP contribution < -0.4 is 5.32 Å². The Morgan fingerprint density at radius 2 is 1.15 bits per heavy atom. The lowest BCUT2D eigenvalue weighted by molar-refractivity contribution is 0.568. The number of aliphatic imine (C=N–C) groups is 2. The number of nitrogens with zero attached hydrogens (tertiary/aromatic N) is 2. The highest BCUT2D eigenvalue weighted by Crippen LogP contribution is 2.40. The lowest BCUT2D eigenvalue weighted by Gasteiger charge is -2.31. The smallest absolute Gasteiger partial charge is 0.147 e. The Labute approximate surface area is 321 Å². The molecule has 0 bridgehead atoms. The number of hydrogen-bond acceptors (Lipinski definition) is 3. The van der Waals surface area contributed by atoms with E-state index in [1.807, 2.05) is 6.07 Å². The maximum absolute atomic E-state index is 5.17. The Morgan fingerprint density at radius 3 is 1.93 bits per heavy atom. The summed E-state index contributed by atoms with van der Waals surface area (Å²) >= 11 is 0. The molecule has 2 unspecified atom stereocenters. The average Bonchev–Trinajstić information content (AvgIpc) is 3.26. The molecular formula is C52H39N3. The monoisotopic (exact) mass is 705 g/mol. The zero-order chi connectivity index (χ0) is 36.8. The molecule has 1 heterocycles. The van der Waals surface area contributed by atoms with Crippen LogP contribution in [0.3, 0.4) is 0 Å². The van der Waals surface area contributed by atoms with Gasteiger partial charge in [-0.2, -0.15) is 0 Å². The second-order valence-corrected chi connectivity index (χ2v) is 14.9. The van der Waals surface area contributed by atoms with Gasteiger partial charge in [0, 0.05) is 11.0 Å². The summed E-state index contributed by atoms with van der Waals surface area (Å²) in [7, 11) is 0. The molecule has 3 heteroatoms. The van der Waals surface area contributed by atoms with Gasteiger partial charge in [0.15, 0.2) is 0 Å². The SMILES string of the molecule is CC1(C2=NC(c3ccccc3)NC(c3ccc(-c4c(-c5ccc(-c6ccc7c(ccc8ccccc87)c6)cc5)ccc5ccccc45)cc3)=N2)C=CC=CC1. The summed E-state index contributed by atoms with van der Waals surface area (Å²) in [6.45, 7) is 2.22. The molecule has 0 fully saturated rings. The predicted molar refractivity (Wildman–Crippen MR) is 233 cm³/mol. The van der Waals surface area contributed by atoms with Gasteiger partial charge in [-0.25, -0.2) is 9.98 Å². The maximum Gasteiger partial charge on any atom is 0.147 e. The van der Waals surface area contributed by atoms with Crippen molar-refractivity contribution in [3.8, 4) is 33.4 Å². The van der Waals surface area contributed by atoms with Crippen LogP contribution in [0.1, 0.15) is 30.6 Å². The molecule has 10 rings (SSSR count). The number of hydrogen-bond donors (Lipinski definition) is 1. The van der Waals surface area contributed by atoms with Crippen molar-refractivity contribution in [2.45, 2.75) is 19.5 Å². The summed E-state index contributed by atoms with van der Waals surface area (Å²) in [6, 6.07) is 61.4. The molecule has 0 aromatic heterocycles. The fraction of sp³-hybridized carbons (Fsp3) is 0.0769. The molecule has 0 saturated heterocycles. The minimum atomic E-state index is -0.272. The van der Waals surface area contributed by atoms with E-state index in [2.05, 4.69) is 200 Å². The van der Waals surface area contributed by atoms with Crippen LogP contribution in [0.25, 0.3) is 65.7 Å². The molecule has 0 radical (unpaired) electrons. The van der Waals surface area contributed by atoms with E-state index < -0.39 is 0 Å². The second kappa shape index (κ2) is 13.5. The molecule has 1 aliphatic heterocycles. The fourth-order valence-corrected chi connectivity index (χ4v) is 8.21. The fourth-order valence-electron chi connectivity index (χ4n) is 8.21. The van der Waals surface area contributed by atoms with Gasteiger partial charge in [0.05, 0.1) is 0 Å². The van der Waals surface area contributed by atoms with E-state index in [1.54, 1.807) is 0 Å². The summed E-state index contributed by atoms with van der Waals surface area (Å²) in [5.74, 6) is 1.68. The van der Waals surface area contributed by atoms with E-state index in [-0.39, 0.29) is 11.6 Å². The molecule has 1 N–H and O–H groups in total. The first-order valence-electron chi connectivity index (χ1n) is 19.1. The topological polar surface area (TPSA) is 36.8 Å². The first kappa shape index (κ1) is 32.8. The van der Waals surface area contributed by atoms with Crippen molar-refractivity contribution in [1.29, 1.82) is 0 Å². The molecule has 0 amide bonds. The summed E-state index contributed by atoms with van der Waals surface area (Å²) in [5, 5.41) is 11.2. The van der Waals surface area contributed by atoms with Crippen LogP contribution in [0, 0.1) is 5.41 Å². The molecule has 0 saturated carbocycles. The van der Waals surface area contributed by atoms with Crippen molar-refractivity contribution < 1.29 is 0 Å². The van der Waals surface area contributed by atoms with Crippen LogP contribution in [0.5, 0.6) is 0 Å². The number of benzene rings is 8. The minimum absolute atomic E-state index is 0.221. The summed E-state index contributed by atoms with van der Waals surface area (Å²) in [6.07, 6.45) is 9.28. The van der Waals surface area contributed by atoms with Gasteiger partial charge in [-0.05, 0) is 90.7 Å². The molecule has 2 atom stereocenters. The molecule has 8 aromatic carbocycles. The van der Waals surface area contributed by atoms with Gasteiger partial charge in [0.2, 0.25) is 0 Å². The van der Waals surface area contributed by atoms with Crippen LogP contribution in [-0.2, 0) is 0 Å². The normalized spacial score (nSPS) is 17.9. The highest BCUT2D eigenvalue weighted by atomic mass is 15.2. The lowest BCUT2D eigenvalue weighted by atomic mass is 9.82. The Morgan fingerprint density at radius 1 is 0.527 bits per heavy atom. The number of rotatable bonds is 6. The molecule has 3 nitrogen and oxygen atoms in total. The zero-order valence-electron chi connectivity index (χ0n) is 30.7. The number of fused-ring (bicyclic) bond motifs is 4. The van der Waals surface area contributed by atoms with Gasteiger partial charge in [-0.1, -0.05) is 188 Å². The first-order chi connectivity index (χ1) is 27.1. The summed E-state index contributed by atoms with van der Waals surface area (Å²) in [4.78, 5) is 10.3. The van der Waals surface area contributed by atoms with Gasteiger partial charge in [0.25, 0.3) is 0 Å². The number of allylic oxidation sites excluding steroid dienone is 3. The highest BCUT2D eigenvalue weighted by Gasteiger charge is 2.32. The lowest BCUT2D eigenvalue weighted by Crippen LogP contribution is -2.38. The number of amidine groups is 2. The summed E-state index contributed by atoms with van der Waals surface area (Å²) < 4.78 is 0. The molecule has 55 heavy (non-hydrogen) atoms. The number of nitrogens with one attached hydrogen (secondary N) is 1. The quantitative estimate of drug-likeness (QED) is 0.172. The van der Waals surface area contributed by atoms with E-state index in [9.17, 15) is 0 Å². The van der Waals surface area contributed by atoms with Crippen molar-refractivity contribution in [2.75, 3.05) is 0 Å². The Kier molecular flexibility index (Phi) is 8.07. The van der Waals surface area contributed by atoms with Crippen molar-refractivity contribution in [2.24, 2.45) is 15.4 Å². The second-order valence-electron chi connectivity index (χ2n) is 14.9. The van der Waals surface area contributed by atoms with Crippen molar-refractivity contribution >= 4 is 44.0 Å². The van der Waals surface area contributed by atoms with E-state index in [1.165, 1.54) is 65.7 Å². The molecule has 262 valence electrons. The van der Waals surface area contributed by atoms with Crippen molar-refractivity contribution in [1.82, 2.24) is 5.32 Å². The molecule has 2 aliphatic rings. The Bertz CT molecular complexity index is 2860. The predicted octanol–water partition coefficient (Wildman–Crippen LogP) is 13.1. The van der Waals surface area contributed by atoms with Gasteiger partial charge < -0.3 is 5.32 Å². The molecule has 0 spiro atoms. The molecule has 1 aliphatic carbocycles. The third kappa shape index (κ3) is 6.04. The highest BCUT2D eigenvalue weighted by molar-refractivity contribution is 6.11. The van der Waals surface area contributed by atoms with Gasteiger partial charge in [-0.3, -0.25) is 0 Å². The van der Waals surface area contributed by atoms with Gasteiger partial charge >= 0.3 is 0 Å². The average molecular weight is 706 g/mol. The Hall–Kier alpha value is -6.84. The standard InChI is InChI=1S/C52H39N3/c1-52(32-10-3-11-33-52)51-54-49(40-14-4-2-5-15-40)53-50(55-51)41-25-23-39(24-26-41)48-46-17-9-7-13-37(46)28-31-47(48)38-20-18-35(19-21-38)42-29-30-45-43(34-42)27-22-36-12-6-8-16-44(36)45/h2-32,34,49H,33H2,1H3,(H,53,54,55). The van der Waals surface area contributed by atoms with Crippen LogP contribution in [0.4, 0.5) is 0 Å². The van der Waals surface area contributed by atoms with Crippen LogP contribution in [0.15, 0.2) is 204 Å². The van der Waals surface area contributed by atoms with E-state index >= 15 is 0 Å². The van der Waals surface area contributed by atoms with Crippen LogP contribution in [0.2, 0.25) is 0 Å². The maximum atomic E-state index is 5.17. The van der Waals surface area contributed by atoms with Gasteiger partial charge in [0.1, 0.15) is 17.8 Å². The zero-order valence-corrected chi connectivity index (χ0v) is 30.7. The molecule has 8 aromatic rings. The van der Waals surface area contributed by atoms with E-state index in [0.717, 1.165) is 29.2 Å². The summed E-state index contributed by atoms with van der Waals surface area (Å²) in [5.41, 5.74) is 9.09. The largest absolute Gasteiger partial charge is 0.344 e. The minimum Gasteiger partial charge on any atom is -0.344 e. The third-order valence-electron chi connectivity index (χ3n) is 11.3. The Balaban J connectivity index is 1.01. The first-order valence-corrected chi connectivity index (χ1v) is 19.1. The van der Waals surface area contributed by atoms with E-state index in [0.29, 0.717) is 0 Å². The van der Waals surface area contributed by atoms with E-state index in [4.69, 9.17) is 9.98 Å². The van der Waals surface area contributed by atoms with Crippen molar-refractivity contribution in [3.05, 3.63) is 205 Å².